The van der Waals surface area contributed by atoms with E-state index in [1.54, 1.807) is 14.0 Å². The lowest BCUT2D eigenvalue weighted by Crippen LogP contribution is -2.21. The molecule has 0 aliphatic rings. The summed E-state index contributed by atoms with van der Waals surface area (Å²) in [6.07, 6.45) is 0.549. The zero-order chi connectivity index (χ0) is 14.0. The highest BCUT2D eigenvalue weighted by atomic mass is 19.1. The van der Waals surface area contributed by atoms with Crippen LogP contribution in [0.25, 0.3) is 5.69 Å². The van der Waals surface area contributed by atoms with Crippen molar-refractivity contribution in [2.24, 2.45) is 0 Å². The molecule has 0 spiro atoms. The summed E-state index contributed by atoms with van der Waals surface area (Å²) in [5.74, 6) is -1.45. The molecule has 0 aliphatic heterocycles. The lowest BCUT2D eigenvalue weighted by atomic mass is 10.2. The monoisotopic (exact) mass is 267 g/mol. The first-order valence-corrected chi connectivity index (χ1v) is 5.95. The van der Waals surface area contributed by atoms with Crippen molar-refractivity contribution in [3.63, 3.8) is 0 Å². The van der Waals surface area contributed by atoms with Crippen LogP contribution in [0.15, 0.2) is 23.0 Å². The van der Waals surface area contributed by atoms with E-state index >= 15 is 0 Å². The SMILES string of the molecule is CNCCc1c(C)[nH]n(-c2ccc(F)cc2F)c1=O. The molecule has 0 atom stereocenters. The van der Waals surface area contributed by atoms with Crippen LogP contribution in [0.5, 0.6) is 0 Å². The minimum Gasteiger partial charge on any atom is -0.319 e. The van der Waals surface area contributed by atoms with Crippen LogP contribution < -0.4 is 10.9 Å². The van der Waals surface area contributed by atoms with Crippen LogP contribution in [-0.4, -0.2) is 23.4 Å². The van der Waals surface area contributed by atoms with Gasteiger partial charge in [0.25, 0.3) is 5.56 Å². The van der Waals surface area contributed by atoms with Gasteiger partial charge in [-0.1, -0.05) is 0 Å². The fourth-order valence-electron chi connectivity index (χ4n) is 1.96. The summed E-state index contributed by atoms with van der Waals surface area (Å²) in [5, 5.41) is 5.77. The van der Waals surface area contributed by atoms with Crippen molar-refractivity contribution >= 4 is 0 Å². The summed E-state index contributed by atoms with van der Waals surface area (Å²) in [4.78, 5) is 12.2. The highest BCUT2D eigenvalue weighted by Gasteiger charge is 2.14. The minimum atomic E-state index is -0.775. The molecule has 0 saturated heterocycles. The molecule has 0 bridgehead atoms. The first-order valence-electron chi connectivity index (χ1n) is 5.95. The van der Waals surface area contributed by atoms with Gasteiger partial charge >= 0.3 is 0 Å². The molecule has 0 fully saturated rings. The van der Waals surface area contributed by atoms with Gasteiger partial charge in [0, 0.05) is 17.3 Å². The van der Waals surface area contributed by atoms with Crippen molar-refractivity contribution < 1.29 is 8.78 Å². The number of aromatic nitrogens is 2. The number of hydrogen-bond donors (Lipinski definition) is 2. The molecule has 1 heterocycles. The predicted molar refractivity (Wildman–Crippen MR) is 68.7 cm³/mol. The average Bonchev–Trinajstić information content (AvgIpc) is 2.63. The number of nitrogens with zero attached hydrogens (tertiary/aromatic N) is 1. The average molecular weight is 267 g/mol. The Morgan fingerprint density at radius 1 is 1.37 bits per heavy atom. The maximum absolute atomic E-state index is 13.7. The van der Waals surface area contributed by atoms with Crippen LogP contribution in [0.2, 0.25) is 0 Å². The van der Waals surface area contributed by atoms with Gasteiger partial charge in [0.15, 0.2) is 5.82 Å². The second-order valence-electron chi connectivity index (χ2n) is 4.31. The Hall–Kier alpha value is -1.95. The van der Waals surface area contributed by atoms with Crippen molar-refractivity contribution in [1.29, 1.82) is 0 Å². The lowest BCUT2D eigenvalue weighted by Gasteiger charge is -2.03. The number of halogens is 2. The zero-order valence-corrected chi connectivity index (χ0v) is 10.8. The lowest BCUT2D eigenvalue weighted by molar-refractivity contribution is 0.572. The summed E-state index contributed by atoms with van der Waals surface area (Å²) < 4.78 is 27.7. The van der Waals surface area contributed by atoms with E-state index in [-0.39, 0.29) is 11.2 Å². The van der Waals surface area contributed by atoms with Gasteiger partial charge in [-0.3, -0.25) is 9.89 Å². The largest absolute Gasteiger partial charge is 0.319 e. The van der Waals surface area contributed by atoms with Gasteiger partial charge in [-0.2, -0.15) is 0 Å². The molecular weight excluding hydrogens is 252 g/mol. The first-order chi connectivity index (χ1) is 9.04. The van der Waals surface area contributed by atoms with Crippen molar-refractivity contribution in [2.45, 2.75) is 13.3 Å². The van der Waals surface area contributed by atoms with Crippen LogP contribution in [0.3, 0.4) is 0 Å². The molecule has 102 valence electrons. The number of likely N-dealkylation sites (N-methyl/N-ethyl adjacent to an activating group) is 1. The van der Waals surface area contributed by atoms with Crippen LogP contribution in [0.4, 0.5) is 8.78 Å². The van der Waals surface area contributed by atoms with E-state index in [1.165, 1.54) is 6.07 Å². The third kappa shape index (κ3) is 2.58. The Bertz CT molecular complexity index is 646. The van der Waals surface area contributed by atoms with E-state index in [1.807, 2.05) is 0 Å². The molecule has 1 aromatic heterocycles. The van der Waals surface area contributed by atoms with Crippen molar-refractivity contribution in [1.82, 2.24) is 15.1 Å². The number of rotatable bonds is 4. The second kappa shape index (κ2) is 5.36. The van der Waals surface area contributed by atoms with Gasteiger partial charge in [-0.15, -0.1) is 0 Å². The Morgan fingerprint density at radius 2 is 2.11 bits per heavy atom. The van der Waals surface area contributed by atoms with Gasteiger partial charge in [-0.05, 0) is 39.1 Å². The summed E-state index contributed by atoms with van der Waals surface area (Å²) in [6.45, 7) is 2.41. The highest BCUT2D eigenvalue weighted by molar-refractivity contribution is 5.34. The second-order valence-corrected chi connectivity index (χ2v) is 4.31. The van der Waals surface area contributed by atoms with E-state index in [9.17, 15) is 13.6 Å². The van der Waals surface area contributed by atoms with E-state index < -0.39 is 11.6 Å². The van der Waals surface area contributed by atoms with Crippen molar-refractivity contribution in [2.75, 3.05) is 13.6 Å². The molecule has 6 heteroatoms. The highest BCUT2D eigenvalue weighted by Crippen LogP contribution is 2.13. The van der Waals surface area contributed by atoms with Crippen LogP contribution in [-0.2, 0) is 6.42 Å². The number of benzene rings is 1. The molecule has 2 N–H and O–H groups in total. The summed E-state index contributed by atoms with van der Waals surface area (Å²) in [7, 11) is 1.79. The normalized spacial score (nSPS) is 10.9. The van der Waals surface area contributed by atoms with Crippen molar-refractivity contribution in [3.8, 4) is 5.69 Å². The van der Waals surface area contributed by atoms with Gasteiger partial charge in [0.1, 0.15) is 11.5 Å². The molecule has 4 nitrogen and oxygen atoms in total. The maximum Gasteiger partial charge on any atom is 0.274 e. The van der Waals surface area contributed by atoms with Crippen LogP contribution >= 0.6 is 0 Å². The standard InChI is InChI=1S/C13H15F2N3O/c1-8-10(5-6-16-2)13(19)18(17-8)12-4-3-9(14)7-11(12)15/h3-4,7,16-17H,5-6H2,1-2H3. The topological polar surface area (TPSA) is 49.8 Å². The molecule has 0 aliphatic carbocycles. The molecule has 0 unspecified atom stereocenters. The van der Waals surface area contributed by atoms with Gasteiger partial charge in [0.2, 0.25) is 0 Å². The Morgan fingerprint density at radius 3 is 2.74 bits per heavy atom. The molecule has 19 heavy (non-hydrogen) atoms. The predicted octanol–water partition coefficient (Wildman–Crippen LogP) is 1.51. The maximum atomic E-state index is 13.7. The van der Waals surface area contributed by atoms with Gasteiger partial charge in [-0.25, -0.2) is 13.5 Å². The summed E-state index contributed by atoms with van der Waals surface area (Å²) >= 11 is 0. The smallest absolute Gasteiger partial charge is 0.274 e. The molecule has 0 radical (unpaired) electrons. The first kappa shape index (κ1) is 13.5. The summed E-state index contributed by atoms with van der Waals surface area (Å²) in [6, 6.07) is 3.11. The molecule has 0 saturated carbocycles. The van der Waals surface area contributed by atoms with E-state index in [2.05, 4.69) is 10.4 Å². The molecule has 2 aromatic rings. The third-order valence-corrected chi connectivity index (χ3v) is 2.97. The van der Waals surface area contributed by atoms with E-state index in [4.69, 9.17) is 0 Å². The number of aryl methyl sites for hydroxylation is 1. The number of nitrogens with one attached hydrogen (secondary N) is 2. The molecular formula is C13H15F2N3O. The molecule has 2 rings (SSSR count). The van der Waals surface area contributed by atoms with E-state index in [0.717, 1.165) is 16.8 Å². The van der Waals surface area contributed by atoms with Crippen LogP contribution in [0, 0.1) is 18.6 Å². The Kier molecular flexibility index (Phi) is 3.80. The molecule has 0 amide bonds. The fraction of sp³-hybridized carbons (Fsp3) is 0.308. The third-order valence-electron chi connectivity index (χ3n) is 2.97. The number of H-pyrrole nitrogens is 1. The number of hydrogen-bond acceptors (Lipinski definition) is 2. The van der Waals surface area contributed by atoms with Gasteiger partial charge in [0.05, 0.1) is 0 Å². The van der Waals surface area contributed by atoms with Crippen LogP contribution in [0.1, 0.15) is 11.3 Å². The summed E-state index contributed by atoms with van der Waals surface area (Å²) in [5.41, 5.74) is 0.991. The Labute approximate surface area is 109 Å². The number of aromatic amines is 1. The zero-order valence-electron chi connectivity index (χ0n) is 10.8. The minimum absolute atomic E-state index is 0.0187. The van der Waals surface area contributed by atoms with Gasteiger partial charge < -0.3 is 5.32 Å². The quantitative estimate of drug-likeness (QED) is 0.882. The van der Waals surface area contributed by atoms with E-state index in [0.29, 0.717) is 24.2 Å². The fourth-order valence-corrected chi connectivity index (χ4v) is 1.96. The molecule has 1 aromatic carbocycles. The Balaban J connectivity index is 2.49. The van der Waals surface area contributed by atoms with Crippen molar-refractivity contribution in [3.05, 3.63) is 51.4 Å².